The number of allylic oxidation sites excluding steroid dienone is 2. The molecule has 0 aliphatic rings. The Balaban J connectivity index is 4.05. The van der Waals surface area contributed by atoms with Gasteiger partial charge in [-0.25, -0.2) is 0 Å². The zero-order chi connectivity index (χ0) is 8.85. The Hall–Kier alpha value is -0.560. The molecule has 0 fully saturated rings. The zero-order valence-corrected chi connectivity index (χ0v) is 7.85. The maximum atomic E-state index is 5.45. The molecular weight excluding hydrogens is 134 g/mol. The molecule has 0 rings (SSSR count). The van der Waals surface area contributed by atoms with Crippen molar-refractivity contribution in [1.82, 2.24) is 0 Å². The SMILES string of the molecule is C=C(C=C(C)CN)C(C)CC. The molecule has 1 unspecified atom stereocenters. The number of nitrogens with two attached hydrogens (primary N) is 1. The van der Waals surface area contributed by atoms with Crippen molar-refractivity contribution in [1.29, 1.82) is 0 Å². The third-order valence-electron chi connectivity index (χ3n) is 2.00. The van der Waals surface area contributed by atoms with Crippen LogP contribution in [0.2, 0.25) is 0 Å². The summed E-state index contributed by atoms with van der Waals surface area (Å²) >= 11 is 0. The summed E-state index contributed by atoms with van der Waals surface area (Å²) in [6, 6.07) is 0. The third kappa shape index (κ3) is 3.99. The minimum atomic E-state index is 0.580. The summed E-state index contributed by atoms with van der Waals surface area (Å²) in [7, 11) is 0. The van der Waals surface area contributed by atoms with Crippen molar-refractivity contribution in [2.75, 3.05) is 6.54 Å². The topological polar surface area (TPSA) is 26.0 Å². The van der Waals surface area contributed by atoms with Crippen molar-refractivity contribution < 1.29 is 0 Å². The van der Waals surface area contributed by atoms with Crippen molar-refractivity contribution in [2.45, 2.75) is 27.2 Å². The second-order valence-corrected chi connectivity index (χ2v) is 3.08. The first-order valence-corrected chi connectivity index (χ1v) is 4.17. The normalized spacial score (nSPS) is 14.7. The fraction of sp³-hybridized carbons (Fsp3) is 0.600. The molecule has 64 valence electrons. The van der Waals surface area contributed by atoms with Gasteiger partial charge in [-0.15, -0.1) is 0 Å². The van der Waals surface area contributed by atoms with Crippen molar-refractivity contribution in [3.63, 3.8) is 0 Å². The van der Waals surface area contributed by atoms with E-state index in [1.165, 1.54) is 11.1 Å². The summed E-state index contributed by atoms with van der Waals surface area (Å²) in [6.07, 6.45) is 3.24. The van der Waals surface area contributed by atoms with Gasteiger partial charge in [0.05, 0.1) is 0 Å². The molecule has 1 nitrogen and oxygen atoms in total. The molecule has 0 aromatic heterocycles. The predicted octanol–water partition coefficient (Wildman–Crippen LogP) is 2.49. The second kappa shape index (κ2) is 5.14. The Labute approximate surface area is 70.0 Å². The average molecular weight is 153 g/mol. The van der Waals surface area contributed by atoms with Crippen molar-refractivity contribution >= 4 is 0 Å². The standard InChI is InChI=1S/C10H19N/c1-5-9(3)10(4)6-8(2)7-11/h6,9H,4-5,7,11H2,1-3H3. The van der Waals surface area contributed by atoms with E-state index in [0.717, 1.165) is 6.42 Å². The lowest BCUT2D eigenvalue weighted by Gasteiger charge is -2.08. The lowest BCUT2D eigenvalue weighted by Crippen LogP contribution is -2.01. The first kappa shape index (κ1) is 10.4. The quantitative estimate of drug-likeness (QED) is 0.617. The summed E-state index contributed by atoms with van der Waals surface area (Å²) < 4.78 is 0. The summed E-state index contributed by atoms with van der Waals surface area (Å²) in [5.41, 5.74) is 7.85. The largest absolute Gasteiger partial charge is 0.327 e. The molecule has 0 saturated heterocycles. The Bertz CT molecular complexity index is 156. The fourth-order valence-electron chi connectivity index (χ4n) is 0.780. The predicted molar refractivity (Wildman–Crippen MR) is 51.4 cm³/mol. The van der Waals surface area contributed by atoms with E-state index < -0.39 is 0 Å². The van der Waals surface area contributed by atoms with Crippen LogP contribution >= 0.6 is 0 Å². The molecule has 0 aliphatic heterocycles. The number of rotatable bonds is 4. The molecule has 11 heavy (non-hydrogen) atoms. The summed E-state index contributed by atoms with van der Waals surface area (Å²) in [6.45, 7) is 11.0. The van der Waals surface area contributed by atoms with Crippen LogP contribution in [-0.4, -0.2) is 6.54 Å². The molecule has 0 saturated carbocycles. The van der Waals surface area contributed by atoms with Gasteiger partial charge >= 0.3 is 0 Å². The molecule has 2 N–H and O–H groups in total. The highest BCUT2D eigenvalue weighted by Crippen LogP contribution is 2.14. The molecule has 1 atom stereocenters. The molecule has 0 aliphatic carbocycles. The van der Waals surface area contributed by atoms with E-state index >= 15 is 0 Å². The highest BCUT2D eigenvalue weighted by molar-refractivity contribution is 5.21. The Morgan fingerprint density at radius 1 is 1.64 bits per heavy atom. The molecule has 1 heteroatoms. The van der Waals surface area contributed by atoms with Crippen LogP contribution in [0, 0.1) is 5.92 Å². The maximum absolute atomic E-state index is 5.45. The van der Waals surface area contributed by atoms with E-state index in [4.69, 9.17) is 5.73 Å². The highest BCUT2D eigenvalue weighted by atomic mass is 14.5. The summed E-state index contributed by atoms with van der Waals surface area (Å²) in [4.78, 5) is 0. The number of hydrogen-bond donors (Lipinski definition) is 1. The zero-order valence-electron chi connectivity index (χ0n) is 7.85. The monoisotopic (exact) mass is 153 g/mol. The Kier molecular flexibility index (Phi) is 4.88. The van der Waals surface area contributed by atoms with Crippen molar-refractivity contribution in [2.24, 2.45) is 11.7 Å². The van der Waals surface area contributed by atoms with E-state index in [2.05, 4.69) is 26.5 Å². The molecule has 0 aromatic carbocycles. The summed E-state index contributed by atoms with van der Waals surface area (Å²) in [5.74, 6) is 0.580. The molecule has 0 amide bonds. The van der Waals surface area contributed by atoms with Crippen LogP contribution in [0.5, 0.6) is 0 Å². The van der Waals surface area contributed by atoms with E-state index in [-0.39, 0.29) is 0 Å². The first-order chi connectivity index (χ1) is 5.11. The second-order valence-electron chi connectivity index (χ2n) is 3.08. The van der Waals surface area contributed by atoms with E-state index in [9.17, 15) is 0 Å². The van der Waals surface area contributed by atoms with Crippen LogP contribution in [0.15, 0.2) is 23.8 Å². The van der Waals surface area contributed by atoms with Gasteiger partial charge in [-0.1, -0.05) is 37.6 Å². The molecule has 0 heterocycles. The van der Waals surface area contributed by atoms with E-state index in [1.54, 1.807) is 0 Å². The van der Waals surface area contributed by atoms with Crippen LogP contribution in [-0.2, 0) is 0 Å². The summed E-state index contributed by atoms with van der Waals surface area (Å²) in [5, 5.41) is 0. The molecule has 0 radical (unpaired) electrons. The van der Waals surface area contributed by atoms with Gasteiger partial charge in [-0.05, 0) is 19.3 Å². The van der Waals surface area contributed by atoms with Gasteiger partial charge in [0.25, 0.3) is 0 Å². The molecule has 0 bridgehead atoms. The van der Waals surface area contributed by atoms with E-state index in [1.807, 2.05) is 6.92 Å². The Morgan fingerprint density at radius 3 is 2.55 bits per heavy atom. The minimum Gasteiger partial charge on any atom is -0.327 e. The maximum Gasteiger partial charge on any atom is 0.0137 e. The van der Waals surface area contributed by atoms with Gasteiger partial charge in [0.2, 0.25) is 0 Å². The van der Waals surface area contributed by atoms with Crippen LogP contribution in [0.25, 0.3) is 0 Å². The minimum absolute atomic E-state index is 0.580. The lowest BCUT2D eigenvalue weighted by atomic mass is 9.98. The van der Waals surface area contributed by atoms with E-state index in [0.29, 0.717) is 12.5 Å². The van der Waals surface area contributed by atoms with Gasteiger partial charge < -0.3 is 5.73 Å². The van der Waals surface area contributed by atoms with Crippen LogP contribution in [0.3, 0.4) is 0 Å². The van der Waals surface area contributed by atoms with Crippen LogP contribution in [0.4, 0.5) is 0 Å². The molecule has 0 aromatic rings. The van der Waals surface area contributed by atoms with Gasteiger partial charge in [-0.2, -0.15) is 0 Å². The van der Waals surface area contributed by atoms with Crippen LogP contribution < -0.4 is 5.73 Å². The Morgan fingerprint density at radius 2 is 2.18 bits per heavy atom. The van der Waals surface area contributed by atoms with Crippen molar-refractivity contribution in [3.05, 3.63) is 23.8 Å². The van der Waals surface area contributed by atoms with Gasteiger partial charge in [0.1, 0.15) is 0 Å². The van der Waals surface area contributed by atoms with Crippen LogP contribution in [0.1, 0.15) is 27.2 Å². The van der Waals surface area contributed by atoms with Gasteiger partial charge in [0.15, 0.2) is 0 Å². The average Bonchev–Trinajstić information content (AvgIpc) is 2.02. The fourth-order valence-corrected chi connectivity index (χ4v) is 0.780. The van der Waals surface area contributed by atoms with Gasteiger partial charge in [0, 0.05) is 6.54 Å². The number of hydrogen-bond acceptors (Lipinski definition) is 1. The molecule has 0 spiro atoms. The smallest absolute Gasteiger partial charge is 0.0137 e. The van der Waals surface area contributed by atoms with Crippen molar-refractivity contribution in [3.8, 4) is 0 Å². The highest BCUT2D eigenvalue weighted by Gasteiger charge is 2.00. The first-order valence-electron chi connectivity index (χ1n) is 4.17. The molecular formula is C10H19N. The van der Waals surface area contributed by atoms with Gasteiger partial charge in [-0.3, -0.25) is 0 Å². The lowest BCUT2D eigenvalue weighted by molar-refractivity contribution is 0.671. The third-order valence-corrected chi connectivity index (χ3v) is 2.00.